The van der Waals surface area contributed by atoms with Gasteiger partial charge in [0.05, 0.1) is 13.0 Å². The van der Waals surface area contributed by atoms with E-state index in [1.807, 2.05) is 31.2 Å². The van der Waals surface area contributed by atoms with Crippen molar-refractivity contribution < 1.29 is 19.1 Å². The molecule has 1 aromatic rings. The van der Waals surface area contributed by atoms with Crippen LogP contribution in [0, 0.1) is 0 Å². The zero-order chi connectivity index (χ0) is 17.3. The molecule has 0 aromatic heterocycles. The molecular formula is C17H26N2O4. The van der Waals surface area contributed by atoms with Gasteiger partial charge in [-0.3, -0.25) is 4.79 Å². The van der Waals surface area contributed by atoms with Crippen molar-refractivity contribution in [1.29, 1.82) is 0 Å². The van der Waals surface area contributed by atoms with Gasteiger partial charge in [-0.1, -0.05) is 12.1 Å². The normalized spacial score (nSPS) is 10.8. The molecule has 6 nitrogen and oxygen atoms in total. The van der Waals surface area contributed by atoms with Crippen LogP contribution in [0.3, 0.4) is 0 Å². The van der Waals surface area contributed by atoms with Gasteiger partial charge in [0.15, 0.2) is 0 Å². The van der Waals surface area contributed by atoms with E-state index in [-0.39, 0.29) is 5.91 Å². The predicted octanol–water partition coefficient (Wildman–Crippen LogP) is 2.27. The van der Waals surface area contributed by atoms with Crippen LogP contribution in [0.2, 0.25) is 0 Å². The fourth-order valence-corrected chi connectivity index (χ4v) is 1.80. The molecule has 2 N–H and O–H groups in total. The summed E-state index contributed by atoms with van der Waals surface area (Å²) in [4.78, 5) is 23.2. The Kier molecular flexibility index (Phi) is 7.38. The number of carbonyl (C=O) groups is 2. The maximum atomic E-state index is 11.8. The summed E-state index contributed by atoms with van der Waals surface area (Å²) in [6.07, 6.45) is -0.197. The van der Waals surface area contributed by atoms with Gasteiger partial charge in [-0.25, -0.2) is 4.79 Å². The van der Waals surface area contributed by atoms with Crippen LogP contribution in [-0.2, 0) is 16.0 Å². The smallest absolute Gasteiger partial charge is 0.407 e. The summed E-state index contributed by atoms with van der Waals surface area (Å²) >= 11 is 0. The first-order valence-electron chi connectivity index (χ1n) is 7.75. The first kappa shape index (κ1) is 18.8. The second-order valence-corrected chi connectivity index (χ2v) is 6.03. The van der Waals surface area contributed by atoms with Crippen LogP contribution < -0.4 is 15.4 Å². The lowest BCUT2D eigenvalue weighted by atomic mass is 10.1. The van der Waals surface area contributed by atoms with E-state index in [0.29, 0.717) is 26.1 Å². The van der Waals surface area contributed by atoms with Crippen molar-refractivity contribution in [1.82, 2.24) is 10.6 Å². The van der Waals surface area contributed by atoms with E-state index < -0.39 is 11.7 Å². The van der Waals surface area contributed by atoms with Gasteiger partial charge in [0, 0.05) is 13.1 Å². The van der Waals surface area contributed by atoms with Crippen LogP contribution in [0.25, 0.3) is 0 Å². The van der Waals surface area contributed by atoms with E-state index in [0.717, 1.165) is 11.3 Å². The fourth-order valence-electron chi connectivity index (χ4n) is 1.80. The second kappa shape index (κ2) is 9.02. The van der Waals surface area contributed by atoms with E-state index in [2.05, 4.69) is 10.6 Å². The van der Waals surface area contributed by atoms with Crippen molar-refractivity contribution in [3.05, 3.63) is 29.8 Å². The second-order valence-electron chi connectivity index (χ2n) is 6.03. The standard InChI is InChI=1S/C17H26N2O4/c1-5-22-14-8-6-13(7-9-14)12-15(20)18-10-11-19-16(21)23-17(2,3)4/h6-9H,5,10-12H2,1-4H3,(H,18,20)(H,19,21). The molecule has 0 aliphatic carbocycles. The maximum Gasteiger partial charge on any atom is 0.407 e. The van der Waals surface area contributed by atoms with E-state index in [1.165, 1.54) is 0 Å². The maximum absolute atomic E-state index is 11.8. The Morgan fingerprint density at radius 3 is 2.22 bits per heavy atom. The van der Waals surface area contributed by atoms with Crippen molar-refractivity contribution >= 4 is 12.0 Å². The Bertz CT molecular complexity index is 506. The van der Waals surface area contributed by atoms with Crippen LogP contribution in [-0.4, -0.2) is 37.3 Å². The van der Waals surface area contributed by atoms with Crippen LogP contribution in [0.4, 0.5) is 4.79 Å². The Balaban J connectivity index is 2.23. The lowest BCUT2D eigenvalue weighted by Crippen LogP contribution is -2.38. The lowest BCUT2D eigenvalue weighted by Gasteiger charge is -2.19. The third-order valence-corrected chi connectivity index (χ3v) is 2.71. The molecule has 0 fully saturated rings. The molecule has 1 aromatic carbocycles. The average molecular weight is 322 g/mol. The molecule has 0 saturated heterocycles. The number of rotatable bonds is 7. The molecule has 2 amide bonds. The number of benzene rings is 1. The van der Waals surface area contributed by atoms with Gasteiger partial charge < -0.3 is 20.1 Å². The van der Waals surface area contributed by atoms with E-state index >= 15 is 0 Å². The van der Waals surface area contributed by atoms with E-state index in [4.69, 9.17) is 9.47 Å². The summed E-state index contributed by atoms with van der Waals surface area (Å²) in [5.74, 6) is 0.693. The van der Waals surface area contributed by atoms with Gasteiger partial charge in [0.2, 0.25) is 5.91 Å². The van der Waals surface area contributed by atoms with Crippen molar-refractivity contribution in [3.8, 4) is 5.75 Å². The van der Waals surface area contributed by atoms with Gasteiger partial charge in [0.1, 0.15) is 11.4 Å². The number of carbonyl (C=O) groups excluding carboxylic acids is 2. The molecule has 128 valence electrons. The van der Waals surface area contributed by atoms with Crippen LogP contribution >= 0.6 is 0 Å². The summed E-state index contributed by atoms with van der Waals surface area (Å²) in [6, 6.07) is 7.42. The zero-order valence-electron chi connectivity index (χ0n) is 14.3. The van der Waals surface area contributed by atoms with Gasteiger partial charge >= 0.3 is 6.09 Å². The Morgan fingerprint density at radius 1 is 1.04 bits per heavy atom. The average Bonchev–Trinajstić information content (AvgIpc) is 2.44. The number of nitrogens with one attached hydrogen (secondary N) is 2. The molecule has 1 rings (SSSR count). The minimum atomic E-state index is -0.527. The van der Waals surface area contributed by atoms with Crippen molar-refractivity contribution in [3.63, 3.8) is 0 Å². The van der Waals surface area contributed by atoms with Crippen LogP contribution in [0.15, 0.2) is 24.3 Å². The van der Waals surface area contributed by atoms with Gasteiger partial charge in [-0.2, -0.15) is 0 Å². The molecule has 0 atom stereocenters. The summed E-state index contributed by atoms with van der Waals surface area (Å²) in [5.41, 5.74) is 0.382. The number of hydrogen-bond acceptors (Lipinski definition) is 4. The Labute approximate surface area is 137 Å². The van der Waals surface area contributed by atoms with E-state index in [9.17, 15) is 9.59 Å². The molecule has 0 radical (unpaired) electrons. The van der Waals surface area contributed by atoms with Crippen LogP contribution in [0.1, 0.15) is 33.3 Å². The lowest BCUT2D eigenvalue weighted by molar-refractivity contribution is -0.120. The van der Waals surface area contributed by atoms with Crippen molar-refractivity contribution in [2.45, 2.75) is 39.7 Å². The fraction of sp³-hybridized carbons (Fsp3) is 0.529. The molecule has 6 heteroatoms. The topological polar surface area (TPSA) is 76.7 Å². The first-order valence-corrected chi connectivity index (χ1v) is 7.75. The predicted molar refractivity (Wildman–Crippen MR) is 88.6 cm³/mol. The summed E-state index contributed by atoms with van der Waals surface area (Å²) in [6.45, 7) is 8.61. The number of hydrogen-bond donors (Lipinski definition) is 2. The van der Waals surface area contributed by atoms with Gasteiger partial charge in [-0.05, 0) is 45.4 Å². The van der Waals surface area contributed by atoms with Gasteiger partial charge in [0.25, 0.3) is 0 Å². The third kappa shape index (κ3) is 8.70. The van der Waals surface area contributed by atoms with Crippen molar-refractivity contribution in [2.24, 2.45) is 0 Å². The largest absolute Gasteiger partial charge is 0.494 e. The van der Waals surface area contributed by atoms with Crippen LogP contribution in [0.5, 0.6) is 5.75 Å². The molecule has 0 saturated carbocycles. The molecule has 0 bridgehead atoms. The summed E-state index contributed by atoms with van der Waals surface area (Å²) in [7, 11) is 0. The van der Waals surface area contributed by atoms with Crippen molar-refractivity contribution in [2.75, 3.05) is 19.7 Å². The van der Waals surface area contributed by atoms with Gasteiger partial charge in [-0.15, -0.1) is 0 Å². The molecule has 0 aliphatic heterocycles. The Hall–Kier alpha value is -2.24. The first-order chi connectivity index (χ1) is 10.8. The molecule has 0 aliphatic rings. The molecule has 0 heterocycles. The minimum Gasteiger partial charge on any atom is -0.494 e. The molecule has 0 unspecified atom stereocenters. The number of amides is 2. The highest BCUT2D eigenvalue weighted by Gasteiger charge is 2.15. The molecule has 0 spiro atoms. The molecular weight excluding hydrogens is 296 g/mol. The number of ether oxygens (including phenoxy) is 2. The Morgan fingerprint density at radius 2 is 1.65 bits per heavy atom. The quantitative estimate of drug-likeness (QED) is 0.755. The summed E-state index contributed by atoms with van der Waals surface area (Å²) in [5, 5.41) is 5.34. The third-order valence-electron chi connectivity index (χ3n) is 2.71. The zero-order valence-corrected chi connectivity index (χ0v) is 14.3. The van der Waals surface area contributed by atoms with E-state index in [1.54, 1.807) is 20.8 Å². The number of alkyl carbamates (subject to hydrolysis) is 1. The highest BCUT2D eigenvalue weighted by molar-refractivity contribution is 5.78. The molecule has 23 heavy (non-hydrogen) atoms. The highest BCUT2D eigenvalue weighted by atomic mass is 16.6. The highest BCUT2D eigenvalue weighted by Crippen LogP contribution is 2.12. The SMILES string of the molecule is CCOc1ccc(CC(=O)NCCNC(=O)OC(C)(C)C)cc1. The minimum absolute atomic E-state index is 0.0971. The summed E-state index contributed by atoms with van der Waals surface area (Å²) < 4.78 is 10.4. The monoisotopic (exact) mass is 322 g/mol.